The van der Waals surface area contributed by atoms with Crippen molar-refractivity contribution >= 4 is 5.91 Å². The zero-order valence-corrected chi connectivity index (χ0v) is 8.37. The van der Waals surface area contributed by atoms with Crippen LogP contribution in [0.25, 0.3) is 0 Å². The fraction of sp³-hybridized carbons (Fsp3) is 0.100. The van der Waals surface area contributed by atoms with Gasteiger partial charge in [-0.25, -0.2) is 4.68 Å². The van der Waals surface area contributed by atoms with Crippen LogP contribution in [0, 0.1) is 0 Å². The molecule has 1 aromatic carbocycles. The van der Waals surface area contributed by atoms with Gasteiger partial charge >= 0.3 is 0 Å². The Morgan fingerprint density at radius 3 is 2.62 bits per heavy atom. The van der Waals surface area contributed by atoms with Gasteiger partial charge in [0, 0.05) is 0 Å². The molecule has 0 unspecified atom stereocenters. The molecule has 1 heterocycles. The van der Waals surface area contributed by atoms with Gasteiger partial charge < -0.3 is 10.8 Å². The highest BCUT2D eigenvalue weighted by Crippen LogP contribution is 2.14. The third-order valence-corrected chi connectivity index (χ3v) is 2.12. The topological polar surface area (TPSA) is 94.0 Å². The summed E-state index contributed by atoms with van der Waals surface area (Å²) in [5, 5.41) is 16.7. The predicted octanol–water partition coefficient (Wildman–Crippen LogP) is 0.131. The van der Waals surface area contributed by atoms with Crippen molar-refractivity contribution < 1.29 is 9.90 Å². The van der Waals surface area contributed by atoms with Crippen LogP contribution in [-0.4, -0.2) is 26.0 Å². The lowest BCUT2D eigenvalue weighted by molar-refractivity contribution is 0.0992. The van der Waals surface area contributed by atoms with Crippen molar-refractivity contribution in [3.05, 3.63) is 41.6 Å². The SMILES string of the molecule is NC(=O)c1nnn(Cc2ccccc2)c1O. The van der Waals surface area contributed by atoms with E-state index in [1.54, 1.807) is 0 Å². The fourth-order valence-electron chi connectivity index (χ4n) is 1.33. The Morgan fingerprint density at radius 2 is 2.06 bits per heavy atom. The summed E-state index contributed by atoms with van der Waals surface area (Å²) >= 11 is 0. The summed E-state index contributed by atoms with van der Waals surface area (Å²) < 4.78 is 1.22. The maximum Gasteiger partial charge on any atom is 0.274 e. The number of rotatable bonds is 3. The van der Waals surface area contributed by atoms with Crippen molar-refractivity contribution in [2.45, 2.75) is 6.54 Å². The molecule has 2 rings (SSSR count). The smallest absolute Gasteiger partial charge is 0.274 e. The molecule has 0 atom stereocenters. The first-order valence-electron chi connectivity index (χ1n) is 4.64. The summed E-state index contributed by atoms with van der Waals surface area (Å²) in [4.78, 5) is 10.8. The molecule has 6 heteroatoms. The molecule has 0 fully saturated rings. The zero-order chi connectivity index (χ0) is 11.5. The largest absolute Gasteiger partial charge is 0.492 e. The standard InChI is InChI=1S/C10H10N4O2/c11-9(15)8-10(16)14(13-12-8)6-7-4-2-1-3-5-7/h1-5,16H,6H2,(H2,11,15). The Bertz CT molecular complexity index is 507. The highest BCUT2D eigenvalue weighted by molar-refractivity contribution is 5.92. The van der Waals surface area contributed by atoms with Gasteiger partial charge in [0.1, 0.15) is 0 Å². The van der Waals surface area contributed by atoms with Crippen molar-refractivity contribution in [2.24, 2.45) is 5.73 Å². The average molecular weight is 218 g/mol. The highest BCUT2D eigenvalue weighted by atomic mass is 16.3. The monoisotopic (exact) mass is 218 g/mol. The maximum absolute atomic E-state index is 10.8. The van der Waals surface area contributed by atoms with Crippen LogP contribution < -0.4 is 5.73 Å². The second kappa shape index (κ2) is 4.01. The number of nitrogens with zero attached hydrogens (tertiary/aromatic N) is 3. The van der Waals surface area contributed by atoms with Crippen molar-refractivity contribution in [3.8, 4) is 5.88 Å². The average Bonchev–Trinajstić information content (AvgIpc) is 2.62. The Balaban J connectivity index is 2.26. The lowest BCUT2D eigenvalue weighted by Crippen LogP contribution is -2.11. The van der Waals surface area contributed by atoms with Crippen LogP contribution in [0.2, 0.25) is 0 Å². The normalized spacial score (nSPS) is 10.2. The van der Waals surface area contributed by atoms with Gasteiger partial charge in [0.15, 0.2) is 0 Å². The van der Waals surface area contributed by atoms with Crippen LogP contribution in [0.3, 0.4) is 0 Å². The summed E-state index contributed by atoms with van der Waals surface area (Å²) in [6, 6.07) is 9.40. The molecular weight excluding hydrogens is 208 g/mol. The third kappa shape index (κ3) is 1.85. The number of nitrogens with two attached hydrogens (primary N) is 1. The number of aromatic hydroxyl groups is 1. The number of aromatic nitrogens is 3. The molecule has 16 heavy (non-hydrogen) atoms. The molecule has 0 radical (unpaired) electrons. The van der Waals surface area contributed by atoms with Gasteiger partial charge in [0.05, 0.1) is 6.54 Å². The number of primary amides is 1. The summed E-state index contributed by atoms with van der Waals surface area (Å²) in [7, 11) is 0. The molecular formula is C10H10N4O2. The molecule has 2 aromatic rings. The van der Waals surface area contributed by atoms with Gasteiger partial charge in [0.25, 0.3) is 5.91 Å². The number of amides is 1. The molecule has 1 amide bonds. The molecule has 0 aliphatic heterocycles. The van der Waals surface area contributed by atoms with E-state index in [4.69, 9.17) is 5.73 Å². The molecule has 0 aliphatic carbocycles. The first kappa shape index (κ1) is 10.2. The summed E-state index contributed by atoms with van der Waals surface area (Å²) in [5.41, 5.74) is 5.74. The summed E-state index contributed by atoms with van der Waals surface area (Å²) in [5.74, 6) is -1.10. The number of carbonyl (C=O) groups is 1. The molecule has 3 N–H and O–H groups in total. The summed E-state index contributed by atoms with van der Waals surface area (Å²) in [6.07, 6.45) is 0. The van der Waals surface area contributed by atoms with Gasteiger partial charge in [0.2, 0.25) is 11.6 Å². The van der Waals surface area contributed by atoms with Crippen molar-refractivity contribution in [3.63, 3.8) is 0 Å². The zero-order valence-electron chi connectivity index (χ0n) is 8.37. The van der Waals surface area contributed by atoms with E-state index in [9.17, 15) is 9.90 Å². The molecule has 0 bridgehead atoms. The molecule has 0 aliphatic rings. The van der Waals surface area contributed by atoms with Crippen molar-refractivity contribution in [1.82, 2.24) is 15.0 Å². The number of benzene rings is 1. The maximum atomic E-state index is 10.8. The van der Waals surface area contributed by atoms with E-state index >= 15 is 0 Å². The van der Waals surface area contributed by atoms with E-state index in [2.05, 4.69) is 10.3 Å². The molecule has 0 saturated carbocycles. The lowest BCUT2D eigenvalue weighted by Gasteiger charge is -2.01. The first-order chi connectivity index (χ1) is 7.68. The van der Waals surface area contributed by atoms with Gasteiger partial charge in [-0.1, -0.05) is 35.5 Å². The molecule has 1 aromatic heterocycles. The third-order valence-electron chi connectivity index (χ3n) is 2.12. The van der Waals surface area contributed by atoms with Crippen LogP contribution in [0.1, 0.15) is 16.1 Å². The lowest BCUT2D eigenvalue weighted by atomic mass is 10.2. The first-order valence-corrected chi connectivity index (χ1v) is 4.64. The predicted molar refractivity (Wildman–Crippen MR) is 55.7 cm³/mol. The van der Waals surface area contributed by atoms with Gasteiger partial charge in [-0.05, 0) is 5.56 Å². The highest BCUT2D eigenvalue weighted by Gasteiger charge is 2.16. The van der Waals surface area contributed by atoms with E-state index in [1.807, 2.05) is 30.3 Å². The molecule has 6 nitrogen and oxygen atoms in total. The van der Waals surface area contributed by atoms with Gasteiger partial charge in [-0.15, -0.1) is 5.10 Å². The minimum absolute atomic E-state index is 0.212. The minimum atomic E-state index is -0.795. The molecule has 0 spiro atoms. The van der Waals surface area contributed by atoms with Crippen molar-refractivity contribution in [2.75, 3.05) is 0 Å². The quantitative estimate of drug-likeness (QED) is 0.765. The Morgan fingerprint density at radius 1 is 1.38 bits per heavy atom. The van der Waals surface area contributed by atoms with E-state index in [0.717, 1.165) is 5.56 Å². The second-order valence-electron chi connectivity index (χ2n) is 3.27. The van der Waals surface area contributed by atoms with Crippen LogP contribution in [0.5, 0.6) is 5.88 Å². The van der Waals surface area contributed by atoms with Crippen LogP contribution >= 0.6 is 0 Å². The van der Waals surface area contributed by atoms with E-state index in [1.165, 1.54) is 4.68 Å². The van der Waals surface area contributed by atoms with Crippen LogP contribution in [0.4, 0.5) is 0 Å². The van der Waals surface area contributed by atoms with E-state index < -0.39 is 5.91 Å². The molecule has 0 saturated heterocycles. The number of hydrogen-bond donors (Lipinski definition) is 2. The second-order valence-corrected chi connectivity index (χ2v) is 3.27. The Hall–Kier alpha value is -2.37. The minimum Gasteiger partial charge on any atom is -0.492 e. The van der Waals surface area contributed by atoms with E-state index in [0.29, 0.717) is 6.54 Å². The van der Waals surface area contributed by atoms with Crippen LogP contribution in [0.15, 0.2) is 30.3 Å². The number of hydrogen-bond acceptors (Lipinski definition) is 4. The Labute approximate surface area is 91.3 Å². The molecule has 82 valence electrons. The summed E-state index contributed by atoms with van der Waals surface area (Å²) in [6.45, 7) is 0.340. The fourth-order valence-corrected chi connectivity index (χ4v) is 1.33. The van der Waals surface area contributed by atoms with Gasteiger partial charge in [-0.2, -0.15) is 0 Å². The van der Waals surface area contributed by atoms with Crippen molar-refractivity contribution in [1.29, 1.82) is 0 Å². The van der Waals surface area contributed by atoms with E-state index in [-0.39, 0.29) is 11.6 Å². The van der Waals surface area contributed by atoms with Gasteiger partial charge in [-0.3, -0.25) is 4.79 Å². The Kier molecular flexibility index (Phi) is 2.55. The van der Waals surface area contributed by atoms with Crippen LogP contribution in [-0.2, 0) is 6.54 Å². The number of carbonyl (C=O) groups excluding carboxylic acids is 1.